The minimum atomic E-state index is -0.360. The number of guanidine groups is 1. The molecule has 0 saturated carbocycles. The Morgan fingerprint density at radius 3 is 2.30 bits per heavy atom. The third kappa shape index (κ3) is 4.49. The molecule has 0 spiro atoms. The second-order valence-electron chi connectivity index (χ2n) is 9.99. The van der Waals surface area contributed by atoms with Crippen molar-refractivity contribution in [3.63, 3.8) is 0 Å². The number of aliphatic imine (C=N–C) groups is 2. The van der Waals surface area contributed by atoms with Gasteiger partial charge in [0.05, 0.1) is 5.71 Å². The Hall–Kier alpha value is -3.22. The van der Waals surface area contributed by atoms with Gasteiger partial charge in [0.15, 0.2) is 0 Å². The van der Waals surface area contributed by atoms with Crippen molar-refractivity contribution in [3.05, 3.63) is 54.1 Å². The highest BCUT2D eigenvalue weighted by atomic mass is 16.2. The van der Waals surface area contributed by atoms with Gasteiger partial charge in [-0.25, -0.2) is 4.99 Å². The Morgan fingerprint density at radius 2 is 1.61 bits per heavy atom. The van der Waals surface area contributed by atoms with E-state index in [1.807, 2.05) is 46.2 Å². The van der Waals surface area contributed by atoms with E-state index in [0.717, 1.165) is 24.4 Å². The summed E-state index contributed by atoms with van der Waals surface area (Å²) in [5.74, 6) is -0.0193. The summed E-state index contributed by atoms with van der Waals surface area (Å²) in [6, 6.07) is 8.04. The van der Waals surface area contributed by atoms with Crippen molar-refractivity contribution in [3.8, 4) is 0 Å². The number of allylic oxidation sites excluding steroid dienone is 3. The molecule has 1 atom stereocenters. The van der Waals surface area contributed by atoms with Crippen molar-refractivity contribution in [2.45, 2.75) is 26.7 Å². The molecule has 7 heteroatoms. The summed E-state index contributed by atoms with van der Waals surface area (Å²) < 4.78 is 0. The summed E-state index contributed by atoms with van der Waals surface area (Å²) in [4.78, 5) is 40.5. The molecule has 1 aromatic carbocycles. The summed E-state index contributed by atoms with van der Waals surface area (Å²) in [7, 11) is 0. The number of carbonyl (C=O) groups excluding carboxylic acids is 2. The van der Waals surface area contributed by atoms with E-state index in [1.165, 1.54) is 18.5 Å². The van der Waals surface area contributed by atoms with Crippen LogP contribution in [0.15, 0.2) is 58.6 Å². The quantitative estimate of drug-likeness (QED) is 0.701. The highest BCUT2D eigenvalue weighted by molar-refractivity contribution is 6.21. The fourth-order valence-electron chi connectivity index (χ4n) is 4.77. The molecule has 0 radical (unpaired) electrons. The van der Waals surface area contributed by atoms with Gasteiger partial charge < -0.3 is 14.7 Å². The van der Waals surface area contributed by atoms with Crippen molar-refractivity contribution in [2.75, 3.05) is 44.2 Å². The number of piperazine rings is 1. The zero-order valence-electron chi connectivity index (χ0n) is 19.4. The second-order valence-corrected chi connectivity index (χ2v) is 9.99. The molecule has 0 bridgehead atoms. The fraction of sp³-hybridized carbons (Fsp3) is 0.462. The number of piperidine rings is 1. The van der Waals surface area contributed by atoms with Crippen LogP contribution in [0.2, 0.25) is 0 Å². The topological polar surface area (TPSA) is 68.6 Å². The molecule has 33 heavy (non-hydrogen) atoms. The Balaban J connectivity index is 1.18. The number of carbonyl (C=O) groups is 2. The van der Waals surface area contributed by atoms with E-state index in [4.69, 9.17) is 0 Å². The maximum atomic E-state index is 13.1. The highest BCUT2D eigenvalue weighted by Gasteiger charge is 2.31. The smallest absolute Gasteiger partial charge is 0.261 e. The number of hydrogen-bond donors (Lipinski definition) is 0. The van der Waals surface area contributed by atoms with Crippen molar-refractivity contribution in [1.29, 1.82) is 0 Å². The van der Waals surface area contributed by atoms with Gasteiger partial charge in [-0.2, -0.15) is 4.99 Å². The number of amides is 2. The lowest BCUT2D eigenvalue weighted by molar-refractivity contribution is -0.118. The minimum absolute atomic E-state index is 0.0503. The SMILES string of the molecule is CC1(C)CCN(c2ccc(C(=O)N3CCN(C4=NC(=O)C5C=CC=CC5=N4)CC3)cc2)CC1. The van der Waals surface area contributed by atoms with Gasteiger partial charge in [-0.3, -0.25) is 9.59 Å². The Bertz CT molecular complexity index is 1050. The maximum Gasteiger partial charge on any atom is 0.261 e. The van der Waals surface area contributed by atoms with Crippen LogP contribution in [0.25, 0.3) is 0 Å². The van der Waals surface area contributed by atoms with Crippen LogP contribution in [-0.2, 0) is 4.79 Å². The third-order valence-corrected chi connectivity index (χ3v) is 7.15. The average molecular weight is 446 g/mol. The summed E-state index contributed by atoms with van der Waals surface area (Å²) in [5.41, 5.74) is 3.07. The number of rotatable bonds is 2. The first-order valence-electron chi connectivity index (χ1n) is 11.8. The lowest BCUT2D eigenvalue weighted by atomic mass is 9.82. The molecule has 1 unspecified atom stereocenters. The van der Waals surface area contributed by atoms with E-state index in [1.54, 1.807) is 0 Å². The number of benzene rings is 1. The first-order valence-corrected chi connectivity index (χ1v) is 11.8. The van der Waals surface area contributed by atoms with Crippen LogP contribution in [0.4, 0.5) is 5.69 Å². The van der Waals surface area contributed by atoms with Crippen LogP contribution < -0.4 is 4.90 Å². The van der Waals surface area contributed by atoms with Gasteiger partial charge in [-0.05, 0) is 48.6 Å². The van der Waals surface area contributed by atoms with Crippen molar-refractivity contribution in [2.24, 2.45) is 21.3 Å². The predicted octanol–water partition coefficient (Wildman–Crippen LogP) is 3.15. The van der Waals surface area contributed by atoms with Crippen LogP contribution in [0.3, 0.4) is 0 Å². The molecule has 2 saturated heterocycles. The minimum Gasteiger partial charge on any atom is -0.371 e. The standard InChI is InChI=1S/C26H31N5O2/c1-26(2)11-13-29(14-12-26)20-9-7-19(8-10-20)24(33)30-15-17-31(18-16-30)25-27-22-6-4-3-5-21(22)23(32)28-25/h3-10,21H,11-18H2,1-2H3. The zero-order valence-corrected chi connectivity index (χ0v) is 19.4. The van der Waals surface area contributed by atoms with Gasteiger partial charge in [0.25, 0.3) is 11.8 Å². The van der Waals surface area contributed by atoms with Crippen LogP contribution in [-0.4, -0.2) is 72.6 Å². The molecule has 172 valence electrons. The molecule has 7 nitrogen and oxygen atoms in total. The molecule has 1 aromatic rings. The number of fused-ring (bicyclic) bond motifs is 1. The lowest BCUT2D eigenvalue weighted by Crippen LogP contribution is -2.51. The zero-order chi connectivity index (χ0) is 23.0. The first-order chi connectivity index (χ1) is 15.9. The van der Waals surface area contributed by atoms with Crippen molar-refractivity contribution in [1.82, 2.24) is 9.80 Å². The van der Waals surface area contributed by atoms with Gasteiger partial charge in [0.1, 0.15) is 5.92 Å². The summed E-state index contributed by atoms with van der Waals surface area (Å²) in [6.07, 6.45) is 9.81. The predicted molar refractivity (Wildman–Crippen MR) is 131 cm³/mol. The molecular formula is C26H31N5O2. The van der Waals surface area contributed by atoms with Gasteiger partial charge in [0.2, 0.25) is 5.96 Å². The van der Waals surface area contributed by atoms with Gasteiger partial charge in [-0.15, -0.1) is 0 Å². The van der Waals surface area contributed by atoms with Crippen molar-refractivity contribution >= 4 is 29.2 Å². The van der Waals surface area contributed by atoms with Crippen LogP contribution >= 0.6 is 0 Å². The Morgan fingerprint density at radius 1 is 0.909 bits per heavy atom. The summed E-state index contributed by atoms with van der Waals surface area (Å²) in [6.45, 7) is 9.17. The van der Waals surface area contributed by atoms with Gasteiger partial charge in [-0.1, -0.05) is 32.1 Å². The van der Waals surface area contributed by atoms with Crippen LogP contribution in [0.5, 0.6) is 0 Å². The van der Waals surface area contributed by atoms with Crippen molar-refractivity contribution < 1.29 is 9.59 Å². The molecule has 2 amide bonds. The largest absolute Gasteiger partial charge is 0.371 e. The normalized spacial score (nSPS) is 24.4. The number of anilines is 1. The Kier molecular flexibility index (Phi) is 5.64. The molecule has 4 aliphatic rings. The van der Waals surface area contributed by atoms with E-state index in [9.17, 15) is 9.59 Å². The van der Waals surface area contributed by atoms with E-state index >= 15 is 0 Å². The fourth-order valence-corrected chi connectivity index (χ4v) is 4.77. The van der Waals surface area contributed by atoms with Crippen LogP contribution in [0, 0.1) is 11.3 Å². The summed E-state index contributed by atoms with van der Waals surface area (Å²) in [5, 5.41) is 0. The number of nitrogens with zero attached hydrogens (tertiary/aromatic N) is 5. The highest BCUT2D eigenvalue weighted by Crippen LogP contribution is 2.32. The molecular weight excluding hydrogens is 414 g/mol. The molecule has 0 aromatic heterocycles. The third-order valence-electron chi connectivity index (χ3n) is 7.15. The Labute approximate surface area is 195 Å². The van der Waals surface area contributed by atoms with E-state index in [0.29, 0.717) is 37.6 Å². The van der Waals surface area contributed by atoms with Gasteiger partial charge in [0, 0.05) is 50.5 Å². The van der Waals surface area contributed by atoms with E-state index in [2.05, 4.69) is 40.9 Å². The number of hydrogen-bond acceptors (Lipinski definition) is 5. The van der Waals surface area contributed by atoms with E-state index < -0.39 is 0 Å². The molecule has 3 heterocycles. The second kappa shape index (κ2) is 8.61. The summed E-state index contributed by atoms with van der Waals surface area (Å²) >= 11 is 0. The van der Waals surface area contributed by atoms with E-state index in [-0.39, 0.29) is 17.7 Å². The first kappa shape index (κ1) is 21.6. The van der Waals surface area contributed by atoms with Gasteiger partial charge >= 0.3 is 0 Å². The lowest BCUT2D eigenvalue weighted by Gasteiger charge is -2.38. The maximum absolute atomic E-state index is 13.1. The molecule has 2 fully saturated rings. The van der Waals surface area contributed by atoms with Crippen LogP contribution in [0.1, 0.15) is 37.0 Å². The monoisotopic (exact) mass is 445 g/mol. The molecule has 1 aliphatic carbocycles. The average Bonchev–Trinajstić information content (AvgIpc) is 2.84. The molecule has 5 rings (SSSR count). The molecule has 0 N–H and O–H groups in total. The molecule has 3 aliphatic heterocycles.